The van der Waals surface area contributed by atoms with E-state index in [0.717, 1.165) is 27.4 Å². The minimum absolute atomic E-state index is 0.122. The van der Waals surface area contributed by atoms with E-state index in [1.807, 2.05) is 18.2 Å². The van der Waals surface area contributed by atoms with Gasteiger partial charge in [0, 0.05) is 23.4 Å². The summed E-state index contributed by atoms with van der Waals surface area (Å²) in [5.41, 5.74) is 2.41. The zero-order chi connectivity index (χ0) is 23.6. The van der Waals surface area contributed by atoms with Gasteiger partial charge in [0.15, 0.2) is 0 Å². The third-order valence-corrected chi connectivity index (χ3v) is 4.85. The molecule has 0 bridgehead atoms. The van der Waals surface area contributed by atoms with Crippen molar-refractivity contribution in [2.75, 3.05) is 7.11 Å². The van der Waals surface area contributed by atoms with E-state index >= 15 is 0 Å². The predicted octanol–water partition coefficient (Wildman–Crippen LogP) is 5.89. The minimum atomic E-state index is -0.838. The molecule has 0 spiro atoms. The lowest BCUT2D eigenvalue weighted by molar-refractivity contribution is 0.0192. The Morgan fingerprint density at radius 2 is 1.82 bits per heavy atom. The Hall–Kier alpha value is -3.65. The van der Waals surface area contributed by atoms with E-state index in [2.05, 4.69) is 9.97 Å². The van der Waals surface area contributed by atoms with Gasteiger partial charge in [0.25, 0.3) is 0 Å². The molecule has 0 saturated heterocycles. The number of carbonyl (C=O) groups excluding carboxylic acids is 1. The van der Waals surface area contributed by atoms with E-state index in [1.54, 1.807) is 46.2 Å². The predicted molar refractivity (Wildman–Crippen MR) is 122 cm³/mol. The van der Waals surface area contributed by atoms with E-state index in [4.69, 9.17) is 18.9 Å². The normalized spacial score (nSPS) is 11.7. The molecule has 0 aliphatic heterocycles. The fourth-order valence-electron chi connectivity index (χ4n) is 3.47. The van der Waals surface area contributed by atoms with Gasteiger partial charge in [0.05, 0.1) is 23.9 Å². The molecule has 0 fully saturated rings. The lowest BCUT2D eigenvalue weighted by Gasteiger charge is -2.19. The van der Waals surface area contributed by atoms with Crippen LogP contribution in [0.15, 0.2) is 48.7 Å². The molecule has 7 nitrogen and oxygen atoms in total. The van der Waals surface area contributed by atoms with Gasteiger partial charge in [0.2, 0.25) is 5.88 Å². The van der Waals surface area contributed by atoms with Crippen molar-refractivity contribution < 1.29 is 28.1 Å². The Bertz CT molecular complexity index is 1290. The minimum Gasteiger partial charge on any atom is -0.489 e. The molecule has 33 heavy (non-hydrogen) atoms. The first-order chi connectivity index (χ1) is 15.7. The number of H-pyrrole nitrogens is 1. The van der Waals surface area contributed by atoms with Gasteiger partial charge in [-0.3, -0.25) is 0 Å². The molecule has 4 aromatic rings. The molecule has 2 aromatic heterocycles. The van der Waals surface area contributed by atoms with E-state index in [-0.39, 0.29) is 18.3 Å². The SMILES string of the molecule is COCc1c(OC(=O)OC(C)(C)C)ncc2[nH]c3ccc(OCc4ccc(F)cc4)cc3c12. The molecule has 4 rings (SSSR count). The molecular formula is C25H25FN2O5. The van der Waals surface area contributed by atoms with Crippen LogP contribution in [-0.2, 0) is 22.7 Å². The number of hydrogen-bond donors (Lipinski definition) is 1. The summed E-state index contributed by atoms with van der Waals surface area (Å²) in [6.45, 7) is 5.75. The highest BCUT2D eigenvalue weighted by Gasteiger charge is 2.22. The number of rotatable bonds is 6. The van der Waals surface area contributed by atoms with Crippen LogP contribution in [0.4, 0.5) is 9.18 Å². The summed E-state index contributed by atoms with van der Waals surface area (Å²) < 4.78 is 35.1. The lowest BCUT2D eigenvalue weighted by atomic mass is 10.1. The van der Waals surface area contributed by atoms with Crippen LogP contribution in [0.3, 0.4) is 0 Å². The fraction of sp³-hybridized carbons (Fsp3) is 0.280. The van der Waals surface area contributed by atoms with Gasteiger partial charge in [-0.1, -0.05) is 12.1 Å². The van der Waals surface area contributed by atoms with Gasteiger partial charge in [-0.15, -0.1) is 0 Å². The average molecular weight is 452 g/mol. The second-order valence-corrected chi connectivity index (χ2v) is 8.58. The van der Waals surface area contributed by atoms with E-state index in [9.17, 15) is 9.18 Å². The monoisotopic (exact) mass is 452 g/mol. The Labute approximate surface area is 190 Å². The Kier molecular flexibility index (Phi) is 6.20. The maximum Gasteiger partial charge on any atom is 0.515 e. The Balaban J connectivity index is 1.69. The summed E-state index contributed by atoms with van der Waals surface area (Å²) in [6, 6.07) is 11.8. The van der Waals surface area contributed by atoms with Crippen LogP contribution in [0.25, 0.3) is 21.8 Å². The van der Waals surface area contributed by atoms with Crippen molar-refractivity contribution in [2.24, 2.45) is 0 Å². The van der Waals surface area contributed by atoms with Crippen LogP contribution in [0.2, 0.25) is 0 Å². The quantitative estimate of drug-likeness (QED) is 0.367. The molecule has 0 unspecified atom stereocenters. The van der Waals surface area contributed by atoms with Crippen molar-refractivity contribution in [1.29, 1.82) is 0 Å². The summed E-state index contributed by atoms with van der Waals surface area (Å²) >= 11 is 0. The highest BCUT2D eigenvalue weighted by atomic mass is 19.1. The molecule has 0 amide bonds. The van der Waals surface area contributed by atoms with Gasteiger partial charge < -0.3 is 23.9 Å². The van der Waals surface area contributed by atoms with Crippen molar-refractivity contribution >= 4 is 28.0 Å². The first-order valence-electron chi connectivity index (χ1n) is 10.4. The number of nitrogens with zero attached hydrogens (tertiary/aromatic N) is 1. The number of hydrogen-bond acceptors (Lipinski definition) is 6. The van der Waals surface area contributed by atoms with Crippen molar-refractivity contribution in [2.45, 2.75) is 39.6 Å². The zero-order valence-electron chi connectivity index (χ0n) is 18.9. The highest BCUT2D eigenvalue weighted by Crippen LogP contribution is 2.35. The van der Waals surface area contributed by atoms with Crippen molar-refractivity contribution in [3.8, 4) is 11.6 Å². The summed E-state index contributed by atoms with van der Waals surface area (Å²) in [7, 11) is 1.56. The molecule has 0 radical (unpaired) electrons. The Morgan fingerprint density at radius 1 is 1.06 bits per heavy atom. The third kappa shape index (κ3) is 5.23. The number of nitrogens with one attached hydrogen (secondary N) is 1. The van der Waals surface area contributed by atoms with Gasteiger partial charge in [-0.25, -0.2) is 14.2 Å². The molecule has 1 N–H and O–H groups in total. The fourth-order valence-corrected chi connectivity index (χ4v) is 3.47. The average Bonchev–Trinajstić information content (AvgIpc) is 3.12. The molecule has 2 heterocycles. The molecule has 2 aromatic carbocycles. The number of aromatic nitrogens is 2. The van der Waals surface area contributed by atoms with Gasteiger partial charge >= 0.3 is 6.16 Å². The zero-order valence-corrected chi connectivity index (χ0v) is 18.9. The van der Waals surface area contributed by atoms with Crippen molar-refractivity contribution in [3.05, 3.63) is 65.6 Å². The largest absolute Gasteiger partial charge is 0.515 e. The second-order valence-electron chi connectivity index (χ2n) is 8.58. The number of carbonyl (C=O) groups is 1. The van der Waals surface area contributed by atoms with Gasteiger partial charge in [0.1, 0.15) is 23.8 Å². The van der Waals surface area contributed by atoms with Crippen molar-refractivity contribution in [3.63, 3.8) is 0 Å². The van der Waals surface area contributed by atoms with Crippen LogP contribution in [-0.4, -0.2) is 28.8 Å². The molecule has 172 valence electrons. The van der Waals surface area contributed by atoms with E-state index < -0.39 is 11.8 Å². The topological polar surface area (TPSA) is 82.7 Å². The standard InChI is InChI=1S/C25H25FN2O5/c1-25(2,3)33-24(29)32-23-19(14-30-4)22-18-11-17(9-10-20(18)28-21(22)12-27-23)31-13-15-5-7-16(26)8-6-15/h5-12,28H,13-14H2,1-4H3. The molecular weight excluding hydrogens is 427 g/mol. The van der Waals surface area contributed by atoms with Crippen LogP contribution < -0.4 is 9.47 Å². The lowest BCUT2D eigenvalue weighted by Crippen LogP contribution is -2.26. The van der Waals surface area contributed by atoms with Crippen LogP contribution in [0, 0.1) is 5.82 Å². The molecule has 0 aliphatic carbocycles. The number of aromatic amines is 1. The number of fused-ring (bicyclic) bond motifs is 3. The summed E-state index contributed by atoms with van der Waals surface area (Å²) in [5.74, 6) is 0.474. The number of pyridine rings is 1. The first kappa shape index (κ1) is 22.5. The first-order valence-corrected chi connectivity index (χ1v) is 10.4. The Morgan fingerprint density at radius 3 is 2.52 bits per heavy atom. The molecule has 0 aliphatic rings. The summed E-state index contributed by atoms with van der Waals surface area (Å²) in [5, 5.41) is 1.68. The third-order valence-electron chi connectivity index (χ3n) is 4.85. The maximum atomic E-state index is 13.1. The van der Waals surface area contributed by atoms with Gasteiger partial charge in [-0.05, 0) is 56.7 Å². The molecule has 0 atom stereocenters. The number of methoxy groups -OCH3 is 1. The van der Waals surface area contributed by atoms with Gasteiger partial charge in [-0.2, -0.15) is 0 Å². The number of benzene rings is 2. The smallest absolute Gasteiger partial charge is 0.489 e. The summed E-state index contributed by atoms with van der Waals surface area (Å²) in [4.78, 5) is 19.9. The van der Waals surface area contributed by atoms with Crippen LogP contribution in [0.5, 0.6) is 11.6 Å². The van der Waals surface area contributed by atoms with E-state index in [1.165, 1.54) is 12.1 Å². The van der Waals surface area contributed by atoms with Crippen molar-refractivity contribution in [1.82, 2.24) is 9.97 Å². The maximum absolute atomic E-state index is 13.1. The molecule has 0 saturated carbocycles. The van der Waals surface area contributed by atoms with Crippen LogP contribution in [0.1, 0.15) is 31.9 Å². The van der Waals surface area contributed by atoms with E-state index in [0.29, 0.717) is 17.9 Å². The summed E-state index contributed by atoms with van der Waals surface area (Å²) in [6.07, 6.45) is 0.766. The number of ether oxygens (including phenoxy) is 4. The second kappa shape index (κ2) is 9.07. The highest BCUT2D eigenvalue weighted by molar-refractivity contribution is 6.09. The molecule has 8 heteroatoms. The number of halogens is 1. The van der Waals surface area contributed by atoms with Crippen LogP contribution >= 0.6 is 0 Å².